The Kier molecular flexibility index (Phi) is 15.9. The van der Waals surface area contributed by atoms with Crippen molar-refractivity contribution in [1.29, 1.82) is 0 Å². The highest BCUT2D eigenvalue weighted by molar-refractivity contribution is 5.84. The van der Waals surface area contributed by atoms with Crippen molar-refractivity contribution in [3.63, 3.8) is 0 Å². The summed E-state index contributed by atoms with van der Waals surface area (Å²) in [6, 6.07) is 7.21. The fourth-order valence-corrected chi connectivity index (χ4v) is 3.64. The Hall–Kier alpha value is -2.73. The number of rotatable bonds is 20. The number of esters is 1. The summed E-state index contributed by atoms with van der Waals surface area (Å²) in [5, 5.41) is 0. The standard InChI is InChI=1S/C30H44N2O4/c1-3-5-7-8-9-10-11-12-16-29(33)36-27-19-17-26(18-20-27)30-31-24-28(25-32-30)35-23-15-14-22-34-21-13-6-4-2/h12,16-20,24-25H,3-11,13-15,21-23H2,1-2H3/b16-12+. The number of benzene rings is 1. The number of unbranched alkanes of at least 4 members (excludes halogenated alkanes) is 9. The van der Waals surface area contributed by atoms with Gasteiger partial charge in [-0.05, 0) is 56.4 Å². The lowest BCUT2D eigenvalue weighted by Crippen LogP contribution is -2.03. The van der Waals surface area contributed by atoms with Gasteiger partial charge < -0.3 is 14.2 Å². The largest absolute Gasteiger partial charge is 0.490 e. The van der Waals surface area contributed by atoms with Crippen LogP contribution < -0.4 is 9.47 Å². The zero-order valence-corrected chi connectivity index (χ0v) is 22.3. The first-order valence-corrected chi connectivity index (χ1v) is 13.7. The Bertz CT molecular complexity index is 850. The van der Waals surface area contributed by atoms with Crippen molar-refractivity contribution in [2.45, 2.75) is 90.9 Å². The molecule has 1 heterocycles. The van der Waals surface area contributed by atoms with E-state index in [-0.39, 0.29) is 5.97 Å². The molecule has 0 amide bonds. The molecule has 0 atom stereocenters. The summed E-state index contributed by atoms with van der Waals surface area (Å²) in [4.78, 5) is 20.8. The second-order valence-electron chi connectivity index (χ2n) is 9.02. The molecule has 2 rings (SSSR count). The van der Waals surface area contributed by atoms with Gasteiger partial charge in [0.25, 0.3) is 0 Å². The van der Waals surface area contributed by atoms with Crippen molar-refractivity contribution in [2.24, 2.45) is 0 Å². The lowest BCUT2D eigenvalue weighted by molar-refractivity contribution is -0.129. The van der Waals surface area contributed by atoms with Gasteiger partial charge in [-0.2, -0.15) is 0 Å². The fourth-order valence-electron chi connectivity index (χ4n) is 3.64. The van der Waals surface area contributed by atoms with E-state index in [9.17, 15) is 4.79 Å². The summed E-state index contributed by atoms with van der Waals surface area (Å²) in [6.07, 6.45) is 20.7. The van der Waals surface area contributed by atoms with E-state index < -0.39 is 0 Å². The van der Waals surface area contributed by atoms with Gasteiger partial charge in [-0.1, -0.05) is 64.9 Å². The van der Waals surface area contributed by atoms with E-state index in [0.29, 0.717) is 23.9 Å². The van der Waals surface area contributed by atoms with Crippen LogP contribution in [0.5, 0.6) is 11.5 Å². The van der Waals surface area contributed by atoms with Gasteiger partial charge in [0.1, 0.15) is 5.75 Å². The van der Waals surface area contributed by atoms with Crippen LogP contribution in [0.2, 0.25) is 0 Å². The van der Waals surface area contributed by atoms with E-state index in [0.717, 1.165) is 50.9 Å². The summed E-state index contributed by atoms with van der Waals surface area (Å²) in [6.45, 7) is 6.67. The molecule has 1 aromatic carbocycles. The molecule has 0 radical (unpaired) electrons. The third-order valence-electron chi connectivity index (χ3n) is 5.78. The normalized spacial score (nSPS) is 11.2. The molecule has 6 heteroatoms. The van der Waals surface area contributed by atoms with Crippen LogP contribution in [0.25, 0.3) is 11.4 Å². The third kappa shape index (κ3) is 13.4. The molecule has 0 unspecified atom stereocenters. The SMILES string of the molecule is CCCCCCCC/C=C/C(=O)Oc1ccc(-c2ncc(OCCCCOCCCCC)cn2)cc1. The summed E-state index contributed by atoms with van der Waals surface area (Å²) < 4.78 is 16.7. The van der Waals surface area contributed by atoms with Crippen molar-refractivity contribution in [3.8, 4) is 22.9 Å². The first-order chi connectivity index (χ1) is 17.7. The van der Waals surface area contributed by atoms with Crippen LogP contribution in [-0.2, 0) is 9.53 Å². The Morgan fingerprint density at radius 2 is 1.36 bits per heavy atom. The number of ether oxygens (including phenoxy) is 3. The zero-order chi connectivity index (χ0) is 25.7. The molecular formula is C30H44N2O4. The highest BCUT2D eigenvalue weighted by Gasteiger charge is 2.05. The highest BCUT2D eigenvalue weighted by Crippen LogP contribution is 2.20. The first-order valence-electron chi connectivity index (χ1n) is 13.7. The van der Waals surface area contributed by atoms with Gasteiger partial charge >= 0.3 is 5.97 Å². The summed E-state index contributed by atoms with van der Waals surface area (Å²) in [5.41, 5.74) is 0.847. The molecule has 0 saturated heterocycles. The van der Waals surface area contributed by atoms with Crippen molar-refractivity contribution in [3.05, 3.63) is 48.8 Å². The average Bonchev–Trinajstić information content (AvgIpc) is 2.90. The predicted molar refractivity (Wildman–Crippen MR) is 145 cm³/mol. The maximum absolute atomic E-state index is 12.0. The van der Waals surface area contributed by atoms with Crippen molar-refractivity contribution < 1.29 is 19.0 Å². The van der Waals surface area contributed by atoms with Crippen LogP contribution in [0.4, 0.5) is 0 Å². The molecule has 0 fully saturated rings. The molecule has 0 N–H and O–H groups in total. The number of hydrogen-bond donors (Lipinski definition) is 0. The molecule has 1 aromatic heterocycles. The molecule has 0 spiro atoms. The summed E-state index contributed by atoms with van der Waals surface area (Å²) in [5.74, 6) is 1.40. The molecule has 0 aliphatic heterocycles. The van der Waals surface area contributed by atoms with Gasteiger partial charge in [0.05, 0.1) is 19.0 Å². The molecule has 198 valence electrons. The second kappa shape index (κ2) is 19.5. The van der Waals surface area contributed by atoms with E-state index in [2.05, 4.69) is 23.8 Å². The molecule has 0 aliphatic carbocycles. The molecule has 0 saturated carbocycles. The minimum Gasteiger partial charge on any atom is -0.490 e. The molecular weight excluding hydrogens is 452 g/mol. The number of aromatic nitrogens is 2. The van der Waals surface area contributed by atoms with Crippen molar-refractivity contribution >= 4 is 5.97 Å². The molecule has 0 aliphatic rings. The van der Waals surface area contributed by atoms with E-state index in [1.54, 1.807) is 24.5 Å². The van der Waals surface area contributed by atoms with Crippen LogP contribution in [0.1, 0.15) is 90.9 Å². The summed E-state index contributed by atoms with van der Waals surface area (Å²) >= 11 is 0. The number of allylic oxidation sites excluding steroid dienone is 1. The monoisotopic (exact) mass is 496 g/mol. The second-order valence-corrected chi connectivity index (χ2v) is 9.02. The average molecular weight is 497 g/mol. The molecule has 6 nitrogen and oxygen atoms in total. The molecule has 36 heavy (non-hydrogen) atoms. The lowest BCUT2D eigenvalue weighted by atomic mass is 10.1. The first kappa shape index (κ1) is 29.5. The molecule has 0 bridgehead atoms. The van der Waals surface area contributed by atoms with Crippen LogP contribution >= 0.6 is 0 Å². The summed E-state index contributed by atoms with van der Waals surface area (Å²) in [7, 11) is 0. The minimum absolute atomic E-state index is 0.352. The van der Waals surface area contributed by atoms with Gasteiger partial charge in [0, 0.05) is 24.9 Å². The van der Waals surface area contributed by atoms with E-state index in [1.165, 1.54) is 51.0 Å². The van der Waals surface area contributed by atoms with Gasteiger partial charge in [-0.15, -0.1) is 0 Å². The molecule has 2 aromatic rings. The topological polar surface area (TPSA) is 70.5 Å². The Morgan fingerprint density at radius 3 is 2.08 bits per heavy atom. The third-order valence-corrected chi connectivity index (χ3v) is 5.78. The van der Waals surface area contributed by atoms with Crippen LogP contribution in [0.15, 0.2) is 48.8 Å². The van der Waals surface area contributed by atoms with E-state index >= 15 is 0 Å². The van der Waals surface area contributed by atoms with Crippen LogP contribution in [0, 0.1) is 0 Å². The number of carbonyl (C=O) groups is 1. The van der Waals surface area contributed by atoms with Crippen molar-refractivity contribution in [1.82, 2.24) is 9.97 Å². The zero-order valence-electron chi connectivity index (χ0n) is 22.3. The van der Waals surface area contributed by atoms with Crippen LogP contribution in [0.3, 0.4) is 0 Å². The van der Waals surface area contributed by atoms with Crippen molar-refractivity contribution in [2.75, 3.05) is 19.8 Å². The number of nitrogens with zero attached hydrogens (tertiary/aromatic N) is 2. The van der Waals surface area contributed by atoms with Gasteiger partial charge in [-0.3, -0.25) is 0 Å². The maximum atomic E-state index is 12.0. The Balaban J connectivity index is 1.64. The number of carbonyl (C=O) groups excluding carboxylic acids is 1. The lowest BCUT2D eigenvalue weighted by Gasteiger charge is -2.07. The smallest absolute Gasteiger partial charge is 0.335 e. The Morgan fingerprint density at radius 1 is 0.750 bits per heavy atom. The van der Waals surface area contributed by atoms with Gasteiger partial charge in [0.2, 0.25) is 0 Å². The van der Waals surface area contributed by atoms with E-state index in [1.807, 2.05) is 18.2 Å². The Labute approximate surface area is 217 Å². The predicted octanol–water partition coefficient (Wildman–Crippen LogP) is 7.72. The highest BCUT2D eigenvalue weighted by atomic mass is 16.5. The van der Waals surface area contributed by atoms with Gasteiger partial charge in [-0.25, -0.2) is 14.8 Å². The minimum atomic E-state index is -0.352. The fraction of sp³-hybridized carbons (Fsp3) is 0.567. The number of hydrogen-bond acceptors (Lipinski definition) is 6. The van der Waals surface area contributed by atoms with Gasteiger partial charge in [0.15, 0.2) is 11.6 Å². The quantitative estimate of drug-likeness (QED) is 0.0808. The maximum Gasteiger partial charge on any atom is 0.335 e. The van der Waals surface area contributed by atoms with E-state index in [4.69, 9.17) is 14.2 Å². The van der Waals surface area contributed by atoms with Crippen LogP contribution in [-0.4, -0.2) is 35.8 Å².